The van der Waals surface area contributed by atoms with Gasteiger partial charge in [0.1, 0.15) is 11.9 Å². The molecule has 2 atom stereocenters. The van der Waals surface area contributed by atoms with Crippen molar-refractivity contribution in [1.82, 2.24) is 10.2 Å². The molecule has 2 unspecified atom stereocenters. The molecule has 0 saturated carbocycles. The number of carbonyl (C=O) groups excluding carboxylic acids is 1. The quantitative estimate of drug-likeness (QED) is 0.580. The zero-order chi connectivity index (χ0) is 21.5. The van der Waals surface area contributed by atoms with Gasteiger partial charge in [-0.05, 0) is 49.2 Å². The molecule has 7 heteroatoms. The Morgan fingerprint density at radius 3 is 2.70 bits per heavy atom. The van der Waals surface area contributed by atoms with Gasteiger partial charge in [-0.3, -0.25) is 4.79 Å². The van der Waals surface area contributed by atoms with E-state index in [1.54, 1.807) is 12.1 Å². The van der Waals surface area contributed by atoms with Crippen LogP contribution in [0.2, 0.25) is 0 Å². The number of nitrogens with zero attached hydrogens (tertiary/aromatic N) is 2. The molecule has 0 aromatic heterocycles. The molecule has 1 heterocycles. The molecule has 6 nitrogen and oxygen atoms in total. The maximum Gasteiger partial charge on any atom is 0.221 e. The summed E-state index contributed by atoms with van der Waals surface area (Å²) in [5.41, 5.74) is 2.72. The van der Waals surface area contributed by atoms with E-state index >= 15 is 0 Å². The normalized spacial score (nSPS) is 19.5. The van der Waals surface area contributed by atoms with E-state index in [0.29, 0.717) is 13.1 Å². The van der Waals surface area contributed by atoms with Crippen LogP contribution in [0.3, 0.4) is 0 Å². The van der Waals surface area contributed by atoms with Gasteiger partial charge in [-0.15, -0.1) is 0 Å². The lowest BCUT2D eigenvalue weighted by Gasteiger charge is -2.38. The van der Waals surface area contributed by atoms with Crippen molar-refractivity contribution in [3.8, 4) is 0 Å². The van der Waals surface area contributed by atoms with Crippen molar-refractivity contribution in [2.75, 3.05) is 25.0 Å². The van der Waals surface area contributed by atoms with E-state index in [9.17, 15) is 9.18 Å². The number of aliphatic imine (C=N–C) groups is 1. The van der Waals surface area contributed by atoms with Gasteiger partial charge in [0.15, 0.2) is 5.96 Å². The number of amides is 1. The number of anilines is 1. The Hall–Kier alpha value is -2.93. The summed E-state index contributed by atoms with van der Waals surface area (Å²) in [6.45, 7) is 8.15. The van der Waals surface area contributed by atoms with E-state index in [4.69, 9.17) is 9.73 Å². The first-order chi connectivity index (χ1) is 14.4. The van der Waals surface area contributed by atoms with Gasteiger partial charge < -0.3 is 20.3 Å². The summed E-state index contributed by atoms with van der Waals surface area (Å²) in [4.78, 5) is 18.3. The van der Waals surface area contributed by atoms with Crippen LogP contribution >= 0.6 is 0 Å². The summed E-state index contributed by atoms with van der Waals surface area (Å²) in [6.07, 6.45) is -0.137. The average molecular weight is 413 g/mol. The first-order valence-electron chi connectivity index (χ1n) is 10.2. The zero-order valence-corrected chi connectivity index (χ0v) is 17.7. The minimum atomic E-state index is -0.254. The maximum atomic E-state index is 13.3. The Bertz CT molecular complexity index is 885. The number of hydrogen-bond donors (Lipinski definition) is 2. The molecule has 1 fully saturated rings. The fourth-order valence-corrected chi connectivity index (χ4v) is 3.53. The lowest BCUT2D eigenvalue weighted by molar-refractivity contribution is -0.114. The van der Waals surface area contributed by atoms with Crippen LogP contribution in [-0.2, 0) is 16.1 Å². The number of ether oxygens (including phenoxy) is 1. The molecule has 2 aromatic rings. The van der Waals surface area contributed by atoms with E-state index in [2.05, 4.69) is 15.5 Å². The molecule has 3 rings (SSSR count). The second-order valence-electron chi connectivity index (χ2n) is 7.44. The van der Waals surface area contributed by atoms with Crippen LogP contribution < -0.4 is 10.6 Å². The molecule has 1 aliphatic rings. The van der Waals surface area contributed by atoms with Gasteiger partial charge in [0.2, 0.25) is 5.91 Å². The summed E-state index contributed by atoms with van der Waals surface area (Å²) in [5, 5.41) is 6.16. The molecule has 160 valence electrons. The highest BCUT2D eigenvalue weighted by molar-refractivity contribution is 5.88. The van der Waals surface area contributed by atoms with E-state index in [1.807, 2.05) is 38.1 Å². The molecular formula is C23H29FN4O2. The summed E-state index contributed by atoms with van der Waals surface area (Å²) in [5.74, 6) is 0.457. The molecule has 0 bridgehead atoms. The topological polar surface area (TPSA) is 66.0 Å². The van der Waals surface area contributed by atoms with Gasteiger partial charge in [-0.25, -0.2) is 9.38 Å². The van der Waals surface area contributed by atoms with Crippen LogP contribution in [0.1, 0.15) is 38.0 Å². The van der Waals surface area contributed by atoms with Crippen LogP contribution in [0.25, 0.3) is 0 Å². The van der Waals surface area contributed by atoms with E-state index in [1.165, 1.54) is 19.1 Å². The van der Waals surface area contributed by atoms with E-state index in [-0.39, 0.29) is 23.9 Å². The lowest BCUT2D eigenvalue weighted by Crippen LogP contribution is -2.50. The van der Waals surface area contributed by atoms with Crippen LogP contribution in [-0.4, -0.2) is 42.5 Å². The van der Waals surface area contributed by atoms with Gasteiger partial charge in [0.25, 0.3) is 0 Å². The number of guanidine groups is 1. The summed E-state index contributed by atoms with van der Waals surface area (Å²) in [6, 6.07) is 14.1. The number of benzene rings is 2. The molecule has 2 N–H and O–H groups in total. The third kappa shape index (κ3) is 6.03. The van der Waals surface area contributed by atoms with Gasteiger partial charge in [-0.2, -0.15) is 0 Å². The van der Waals surface area contributed by atoms with Crippen molar-refractivity contribution in [1.29, 1.82) is 0 Å². The second-order valence-corrected chi connectivity index (χ2v) is 7.44. The van der Waals surface area contributed by atoms with Crippen molar-refractivity contribution in [3.05, 3.63) is 65.5 Å². The minimum absolute atomic E-state index is 0.0146. The van der Waals surface area contributed by atoms with Crippen LogP contribution in [0, 0.1) is 5.82 Å². The second kappa shape index (κ2) is 10.2. The first kappa shape index (κ1) is 21.8. The summed E-state index contributed by atoms with van der Waals surface area (Å²) >= 11 is 0. The molecule has 0 aliphatic carbocycles. The number of morpholine rings is 1. The molecule has 2 aromatic carbocycles. The standard InChI is InChI=1S/C23H29FN4O2/c1-4-25-23(26-13-18-6-5-7-21(12-18)27-17(3)29)28-14-16(2)30-22(15-28)19-8-10-20(24)11-9-19/h5-12,16,22H,4,13-15H2,1-3H3,(H,25,26)(H,27,29). The number of nitrogens with one attached hydrogen (secondary N) is 2. The fourth-order valence-electron chi connectivity index (χ4n) is 3.53. The van der Waals surface area contributed by atoms with Gasteiger partial charge in [0.05, 0.1) is 19.2 Å². The van der Waals surface area contributed by atoms with Crippen molar-refractivity contribution < 1.29 is 13.9 Å². The number of rotatable bonds is 5. The Kier molecular flexibility index (Phi) is 7.41. The molecule has 0 radical (unpaired) electrons. The van der Waals surface area contributed by atoms with Gasteiger partial charge in [0, 0.05) is 25.7 Å². The van der Waals surface area contributed by atoms with E-state index < -0.39 is 0 Å². The third-order valence-corrected chi connectivity index (χ3v) is 4.80. The lowest BCUT2D eigenvalue weighted by atomic mass is 10.1. The van der Waals surface area contributed by atoms with Crippen molar-refractivity contribution in [2.45, 2.75) is 39.5 Å². The van der Waals surface area contributed by atoms with Crippen LogP contribution in [0.4, 0.5) is 10.1 Å². The highest BCUT2D eigenvalue weighted by Gasteiger charge is 2.28. The predicted octanol–water partition coefficient (Wildman–Crippen LogP) is 3.71. The van der Waals surface area contributed by atoms with Crippen molar-refractivity contribution >= 4 is 17.6 Å². The Morgan fingerprint density at radius 1 is 1.23 bits per heavy atom. The minimum Gasteiger partial charge on any atom is -0.367 e. The highest BCUT2D eigenvalue weighted by Crippen LogP contribution is 2.25. The summed E-state index contributed by atoms with van der Waals surface area (Å²) in [7, 11) is 0. The number of halogens is 1. The van der Waals surface area contributed by atoms with Gasteiger partial charge >= 0.3 is 0 Å². The van der Waals surface area contributed by atoms with Gasteiger partial charge in [-0.1, -0.05) is 24.3 Å². The zero-order valence-electron chi connectivity index (χ0n) is 17.7. The van der Waals surface area contributed by atoms with Crippen molar-refractivity contribution in [3.63, 3.8) is 0 Å². The van der Waals surface area contributed by atoms with Crippen molar-refractivity contribution in [2.24, 2.45) is 4.99 Å². The smallest absolute Gasteiger partial charge is 0.221 e. The molecule has 1 saturated heterocycles. The highest BCUT2D eigenvalue weighted by atomic mass is 19.1. The Morgan fingerprint density at radius 2 is 2.00 bits per heavy atom. The monoisotopic (exact) mass is 412 g/mol. The Labute approximate surface area is 177 Å². The molecule has 1 aliphatic heterocycles. The molecule has 0 spiro atoms. The number of carbonyl (C=O) groups is 1. The van der Waals surface area contributed by atoms with E-state index in [0.717, 1.165) is 35.9 Å². The third-order valence-electron chi connectivity index (χ3n) is 4.80. The maximum absolute atomic E-state index is 13.3. The van der Waals surface area contributed by atoms with Crippen LogP contribution in [0.5, 0.6) is 0 Å². The largest absolute Gasteiger partial charge is 0.367 e. The molecule has 30 heavy (non-hydrogen) atoms. The number of hydrogen-bond acceptors (Lipinski definition) is 3. The average Bonchev–Trinajstić information content (AvgIpc) is 2.71. The Balaban J connectivity index is 1.75. The summed E-state index contributed by atoms with van der Waals surface area (Å²) < 4.78 is 19.4. The molecule has 1 amide bonds. The first-order valence-corrected chi connectivity index (χ1v) is 10.2. The molecular weight excluding hydrogens is 383 g/mol. The van der Waals surface area contributed by atoms with Crippen LogP contribution in [0.15, 0.2) is 53.5 Å². The fraction of sp³-hybridized carbons (Fsp3) is 0.391. The SMILES string of the molecule is CCNC(=NCc1cccc(NC(C)=O)c1)N1CC(C)OC(c2ccc(F)cc2)C1. The predicted molar refractivity (Wildman–Crippen MR) is 117 cm³/mol.